The van der Waals surface area contributed by atoms with Crippen LogP contribution < -0.4 is 20.1 Å². The van der Waals surface area contributed by atoms with Crippen molar-refractivity contribution in [1.29, 1.82) is 5.26 Å². The number of likely N-dealkylation sites (N-methyl/N-ethyl adjacent to an activating group) is 1. The lowest BCUT2D eigenvalue weighted by atomic mass is 10.1. The molecule has 0 radical (unpaired) electrons. The normalized spacial score (nSPS) is 11.0. The molecule has 0 atom stereocenters. The molecule has 0 unspecified atom stereocenters. The molecule has 0 fully saturated rings. The molecule has 2 N–H and O–H groups in total. The Morgan fingerprint density at radius 2 is 1.98 bits per heavy atom. The summed E-state index contributed by atoms with van der Waals surface area (Å²) in [6.45, 7) is 4.77. The number of nitrogens with zero attached hydrogens (tertiary/aromatic N) is 4. The molecule has 4 rings (SSSR count). The summed E-state index contributed by atoms with van der Waals surface area (Å²) in [7, 11) is 3.84. The van der Waals surface area contributed by atoms with Gasteiger partial charge in [-0.2, -0.15) is 5.26 Å². The first kappa shape index (κ1) is 28.4. The zero-order valence-electron chi connectivity index (χ0n) is 22.7. The highest BCUT2D eigenvalue weighted by Crippen LogP contribution is 2.38. The fourth-order valence-electron chi connectivity index (χ4n) is 3.87. The van der Waals surface area contributed by atoms with E-state index in [1.165, 1.54) is 12.3 Å². The zero-order valence-corrected chi connectivity index (χ0v) is 23.4. The van der Waals surface area contributed by atoms with E-state index < -0.39 is 0 Å². The predicted octanol–water partition coefficient (Wildman–Crippen LogP) is 6.45. The monoisotopic (exact) mass is 556 g/mol. The van der Waals surface area contributed by atoms with Crippen LogP contribution in [0.2, 0.25) is 5.02 Å². The lowest BCUT2D eigenvalue weighted by Crippen LogP contribution is -2.13. The van der Waals surface area contributed by atoms with Crippen molar-refractivity contribution in [3.05, 3.63) is 83.3 Å². The quantitative estimate of drug-likeness (QED) is 0.214. The van der Waals surface area contributed by atoms with E-state index in [1.54, 1.807) is 48.7 Å². The third-order valence-corrected chi connectivity index (χ3v) is 5.98. The Bertz CT molecular complexity index is 1610. The van der Waals surface area contributed by atoms with E-state index in [0.29, 0.717) is 69.0 Å². The van der Waals surface area contributed by atoms with Gasteiger partial charge in [-0.25, -0.2) is 0 Å². The van der Waals surface area contributed by atoms with Crippen LogP contribution in [0.15, 0.2) is 67.0 Å². The summed E-state index contributed by atoms with van der Waals surface area (Å²) < 4.78 is 11.7. The second kappa shape index (κ2) is 12.9. The maximum Gasteiger partial charge on any atom is 0.248 e. The number of carbonyl (C=O) groups excluding carboxylic acids is 1. The van der Waals surface area contributed by atoms with E-state index in [1.807, 2.05) is 38.9 Å². The van der Waals surface area contributed by atoms with E-state index in [4.69, 9.17) is 21.1 Å². The van der Waals surface area contributed by atoms with Gasteiger partial charge in [0.2, 0.25) is 5.91 Å². The number of hydrogen-bond donors (Lipinski definition) is 2. The van der Waals surface area contributed by atoms with Gasteiger partial charge in [0.1, 0.15) is 23.3 Å². The lowest BCUT2D eigenvalue weighted by molar-refractivity contribution is -0.111. The molecule has 0 spiro atoms. The molecule has 0 aliphatic rings. The van der Waals surface area contributed by atoms with Gasteiger partial charge in [-0.3, -0.25) is 14.8 Å². The number of pyridine rings is 2. The van der Waals surface area contributed by atoms with Crippen LogP contribution in [-0.4, -0.2) is 48.0 Å². The molecular weight excluding hydrogens is 528 g/mol. The SMILES string of the molecule is CCOc1cc2ncc(C#N)c(Nc3ccc(Oc4ccnc(C)c4)c(Cl)c3)c2cc1NC(=O)/C=C/CN(C)C. The van der Waals surface area contributed by atoms with Crippen molar-refractivity contribution in [2.45, 2.75) is 13.8 Å². The molecule has 1 amide bonds. The first-order valence-electron chi connectivity index (χ1n) is 12.6. The van der Waals surface area contributed by atoms with E-state index >= 15 is 0 Å². The summed E-state index contributed by atoms with van der Waals surface area (Å²) in [5, 5.41) is 17.0. The molecule has 0 aliphatic heterocycles. The minimum atomic E-state index is -0.298. The smallest absolute Gasteiger partial charge is 0.248 e. The summed E-state index contributed by atoms with van der Waals surface area (Å²) in [5.74, 6) is 1.28. The zero-order chi connectivity index (χ0) is 28.6. The van der Waals surface area contributed by atoms with Crippen LogP contribution in [0.1, 0.15) is 18.2 Å². The topological polar surface area (TPSA) is 112 Å². The van der Waals surface area contributed by atoms with Crippen LogP contribution in [0, 0.1) is 18.3 Å². The van der Waals surface area contributed by atoms with Crippen molar-refractivity contribution in [2.75, 3.05) is 37.9 Å². The van der Waals surface area contributed by atoms with E-state index in [-0.39, 0.29) is 5.91 Å². The van der Waals surface area contributed by atoms with Crippen molar-refractivity contribution >= 4 is 45.5 Å². The minimum absolute atomic E-state index is 0.298. The number of anilines is 3. The van der Waals surface area contributed by atoms with Gasteiger partial charge >= 0.3 is 0 Å². The molecule has 0 saturated carbocycles. The number of nitrogens with one attached hydrogen (secondary N) is 2. The molecule has 0 saturated heterocycles. The molecule has 2 aromatic carbocycles. The number of fused-ring (bicyclic) bond motifs is 1. The summed E-state index contributed by atoms with van der Waals surface area (Å²) in [5.41, 5.74) is 3.35. The maximum absolute atomic E-state index is 12.6. The summed E-state index contributed by atoms with van der Waals surface area (Å²) in [6, 6.07) is 14.5. The Kier molecular flexibility index (Phi) is 9.17. The van der Waals surface area contributed by atoms with Crippen LogP contribution in [0.5, 0.6) is 17.2 Å². The van der Waals surface area contributed by atoms with Crippen LogP contribution in [0.3, 0.4) is 0 Å². The molecule has 10 heteroatoms. The van der Waals surface area contributed by atoms with Gasteiger partial charge in [-0.05, 0) is 58.3 Å². The van der Waals surface area contributed by atoms with Gasteiger partial charge < -0.3 is 25.0 Å². The summed E-state index contributed by atoms with van der Waals surface area (Å²) >= 11 is 6.54. The fraction of sp³-hybridized carbons (Fsp3) is 0.200. The minimum Gasteiger partial charge on any atom is -0.492 e. The van der Waals surface area contributed by atoms with Crippen LogP contribution in [0.4, 0.5) is 17.1 Å². The highest BCUT2D eigenvalue weighted by molar-refractivity contribution is 6.32. The number of carbonyl (C=O) groups is 1. The summed E-state index contributed by atoms with van der Waals surface area (Å²) in [6.07, 6.45) is 6.40. The standard InChI is InChI=1S/C30H29ClN6O3/c1-5-39-28-16-25-23(15-26(28)36-29(38)7-6-12-37(3)4)30(20(17-32)18-34-25)35-21-8-9-27(24(31)14-21)40-22-10-11-33-19(2)13-22/h6-11,13-16,18H,5,12H2,1-4H3,(H,34,35)(H,36,38)/b7-6+. The third kappa shape index (κ3) is 7.05. The number of aryl methyl sites for hydroxylation is 1. The molecule has 0 aliphatic carbocycles. The molecule has 0 bridgehead atoms. The average molecular weight is 557 g/mol. The average Bonchev–Trinajstić information content (AvgIpc) is 2.91. The largest absolute Gasteiger partial charge is 0.492 e. The van der Waals surface area contributed by atoms with Crippen molar-refractivity contribution < 1.29 is 14.3 Å². The van der Waals surface area contributed by atoms with Gasteiger partial charge in [-0.1, -0.05) is 17.7 Å². The molecule has 40 heavy (non-hydrogen) atoms. The molecule has 2 heterocycles. The number of nitriles is 1. The van der Waals surface area contributed by atoms with Gasteiger partial charge in [0.25, 0.3) is 0 Å². The van der Waals surface area contributed by atoms with Crippen molar-refractivity contribution in [2.24, 2.45) is 0 Å². The highest BCUT2D eigenvalue weighted by Gasteiger charge is 2.16. The second-order valence-electron chi connectivity index (χ2n) is 9.12. The third-order valence-electron chi connectivity index (χ3n) is 5.68. The van der Waals surface area contributed by atoms with Crippen LogP contribution in [-0.2, 0) is 4.79 Å². The number of benzene rings is 2. The molecular formula is C30H29ClN6O3. The van der Waals surface area contributed by atoms with E-state index in [9.17, 15) is 10.1 Å². The van der Waals surface area contributed by atoms with Crippen molar-refractivity contribution in [3.63, 3.8) is 0 Å². The number of rotatable bonds is 10. The maximum atomic E-state index is 12.6. The molecule has 4 aromatic rings. The predicted molar refractivity (Wildman–Crippen MR) is 158 cm³/mol. The first-order chi connectivity index (χ1) is 19.3. The number of ether oxygens (including phenoxy) is 2. The first-order valence-corrected chi connectivity index (χ1v) is 12.9. The second-order valence-corrected chi connectivity index (χ2v) is 9.52. The fourth-order valence-corrected chi connectivity index (χ4v) is 4.09. The Hall–Kier alpha value is -4.65. The summed E-state index contributed by atoms with van der Waals surface area (Å²) in [4.78, 5) is 23.2. The highest BCUT2D eigenvalue weighted by atomic mass is 35.5. The van der Waals surface area contributed by atoms with Crippen molar-refractivity contribution in [1.82, 2.24) is 14.9 Å². The number of amides is 1. The van der Waals surface area contributed by atoms with Crippen LogP contribution in [0.25, 0.3) is 10.9 Å². The van der Waals surface area contributed by atoms with Gasteiger partial charge in [-0.15, -0.1) is 0 Å². The van der Waals surface area contributed by atoms with Gasteiger partial charge in [0, 0.05) is 53.9 Å². The van der Waals surface area contributed by atoms with Gasteiger partial charge in [0.15, 0.2) is 0 Å². The van der Waals surface area contributed by atoms with Gasteiger partial charge in [0.05, 0.1) is 34.1 Å². The number of halogens is 1. The molecule has 2 aromatic heterocycles. The van der Waals surface area contributed by atoms with Crippen LogP contribution >= 0.6 is 11.6 Å². The van der Waals surface area contributed by atoms with E-state index in [2.05, 4.69) is 26.7 Å². The Labute approximate surface area is 238 Å². The molecule has 9 nitrogen and oxygen atoms in total. The number of aromatic nitrogens is 2. The Balaban J connectivity index is 1.68. The van der Waals surface area contributed by atoms with E-state index in [0.717, 1.165) is 5.69 Å². The molecule has 204 valence electrons. The Morgan fingerprint density at radius 1 is 1.15 bits per heavy atom. The Morgan fingerprint density at radius 3 is 2.67 bits per heavy atom. The number of hydrogen-bond acceptors (Lipinski definition) is 8. The lowest BCUT2D eigenvalue weighted by Gasteiger charge is -2.16. The van der Waals surface area contributed by atoms with Crippen molar-refractivity contribution in [3.8, 4) is 23.3 Å².